The fourth-order valence-electron chi connectivity index (χ4n) is 3.58. The van der Waals surface area contributed by atoms with Gasteiger partial charge in [0.15, 0.2) is 6.61 Å². The molecule has 34 heavy (non-hydrogen) atoms. The lowest BCUT2D eigenvalue weighted by atomic mass is 10.2. The second kappa shape index (κ2) is 10.6. The number of hydrogen-bond donors (Lipinski definition) is 1. The number of para-hydroxylation sites is 1. The Kier molecular flexibility index (Phi) is 7.17. The van der Waals surface area contributed by atoms with Gasteiger partial charge in [0.05, 0.1) is 0 Å². The molecular formula is C26H23FN2O5. The zero-order valence-electron chi connectivity index (χ0n) is 18.3. The molecule has 1 heterocycles. The predicted octanol–water partition coefficient (Wildman–Crippen LogP) is 4.33. The summed E-state index contributed by atoms with van der Waals surface area (Å²) >= 11 is 0. The third-order valence-electron chi connectivity index (χ3n) is 5.26. The zero-order chi connectivity index (χ0) is 23.9. The molecular weight excluding hydrogens is 439 g/mol. The van der Waals surface area contributed by atoms with E-state index in [1.54, 1.807) is 53.4 Å². The molecule has 0 radical (unpaired) electrons. The summed E-state index contributed by atoms with van der Waals surface area (Å²) in [6.45, 7) is 0.301. The molecule has 3 aromatic rings. The van der Waals surface area contributed by atoms with Crippen LogP contribution in [0.1, 0.15) is 28.8 Å². The van der Waals surface area contributed by atoms with E-state index < -0.39 is 18.5 Å². The van der Waals surface area contributed by atoms with E-state index in [0.29, 0.717) is 30.1 Å². The van der Waals surface area contributed by atoms with Crippen LogP contribution in [0.4, 0.5) is 15.8 Å². The van der Waals surface area contributed by atoms with Crippen molar-refractivity contribution in [2.24, 2.45) is 0 Å². The maximum Gasteiger partial charge on any atom is 0.342 e. The number of ether oxygens (including phenoxy) is 2. The number of esters is 1. The van der Waals surface area contributed by atoms with Crippen molar-refractivity contribution in [2.45, 2.75) is 19.4 Å². The molecule has 0 aliphatic carbocycles. The predicted molar refractivity (Wildman–Crippen MR) is 124 cm³/mol. The van der Waals surface area contributed by atoms with Crippen molar-refractivity contribution in [1.82, 2.24) is 0 Å². The van der Waals surface area contributed by atoms with Crippen molar-refractivity contribution >= 4 is 29.2 Å². The average molecular weight is 462 g/mol. The first kappa shape index (κ1) is 23.0. The minimum atomic E-state index is -0.707. The number of rotatable bonds is 8. The Hall–Kier alpha value is -4.20. The number of nitrogens with zero attached hydrogens (tertiary/aromatic N) is 1. The van der Waals surface area contributed by atoms with Crippen LogP contribution in [-0.4, -0.2) is 30.9 Å². The summed E-state index contributed by atoms with van der Waals surface area (Å²) < 4.78 is 23.9. The van der Waals surface area contributed by atoms with Gasteiger partial charge < -0.3 is 19.7 Å². The first-order valence-corrected chi connectivity index (χ1v) is 10.8. The summed E-state index contributed by atoms with van der Waals surface area (Å²) in [6.07, 6.45) is 1.32. The van der Waals surface area contributed by atoms with Gasteiger partial charge in [0.2, 0.25) is 5.91 Å². The van der Waals surface area contributed by atoms with E-state index >= 15 is 0 Å². The van der Waals surface area contributed by atoms with Crippen molar-refractivity contribution in [2.75, 3.05) is 23.4 Å². The molecule has 0 unspecified atom stereocenters. The molecule has 1 aliphatic rings. The first-order valence-electron chi connectivity index (χ1n) is 10.8. The standard InChI is InChI=1S/C26H23FN2O5/c27-19-12-10-18(11-13-19)16-33-23-8-2-1-7-22(23)26(32)34-17-24(30)28-20-5-3-6-21(15-20)29-14-4-9-25(29)31/h1-3,5-8,10-13,15H,4,9,14,16-17H2,(H,28,30). The van der Waals surface area contributed by atoms with Crippen LogP contribution in [0.15, 0.2) is 72.8 Å². The van der Waals surface area contributed by atoms with Gasteiger partial charge in [0.1, 0.15) is 23.7 Å². The molecule has 0 atom stereocenters. The van der Waals surface area contributed by atoms with E-state index in [9.17, 15) is 18.8 Å². The molecule has 1 saturated heterocycles. The van der Waals surface area contributed by atoms with Crippen molar-refractivity contribution in [3.8, 4) is 5.75 Å². The van der Waals surface area contributed by atoms with E-state index in [-0.39, 0.29) is 23.9 Å². The minimum Gasteiger partial charge on any atom is -0.488 e. The number of amides is 2. The molecule has 174 valence electrons. The van der Waals surface area contributed by atoms with Crippen LogP contribution in [0.3, 0.4) is 0 Å². The molecule has 1 N–H and O–H groups in total. The van der Waals surface area contributed by atoms with Crippen molar-refractivity contribution in [3.63, 3.8) is 0 Å². The molecule has 3 aromatic carbocycles. The molecule has 1 fully saturated rings. The van der Waals surface area contributed by atoms with Crippen molar-refractivity contribution in [3.05, 3.63) is 89.7 Å². The Morgan fingerprint density at radius 3 is 2.56 bits per heavy atom. The van der Waals surface area contributed by atoms with E-state index in [1.807, 2.05) is 6.07 Å². The smallest absolute Gasteiger partial charge is 0.342 e. The van der Waals surface area contributed by atoms with Gasteiger partial charge >= 0.3 is 5.97 Å². The number of benzene rings is 3. The molecule has 0 bridgehead atoms. The van der Waals surface area contributed by atoms with Crippen LogP contribution < -0.4 is 15.0 Å². The van der Waals surface area contributed by atoms with Gasteiger partial charge in [-0.1, -0.05) is 30.3 Å². The van der Waals surface area contributed by atoms with Gasteiger partial charge in [-0.25, -0.2) is 9.18 Å². The van der Waals surface area contributed by atoms with E-state index in [4.69, 9.17) is 9.47 Å². The molecule has 7 nitrogen and oxygen atoms in total. The Labute approximate surface area is 196 Å². The SMILES string of the molecule is O=C(COC(=O)c1ccccc1OCc1ccc(F)cc1)Nc1cccc(N2CCCC2=O)c1. The van der Waals surface area contributed by atoms with Crippen LogP contribution in [0.2, 0.25) is 0 Å². The first-order chi connectivity index (χ1) is 16.5. The van der Waals surface area contributed by atoms with Crippen LogP contribution >= 0.6 is 0 Å². The highest BCUT2D eigenvalue weighted by molar-refractivity contribution is 5.98. The summed E-state index contributed by atoms with van der Waals surface area (Å²) in [5, 5.41) is 2.68. The molecule has 2 amide bonds. The summed E-state index contributed by atoms with van der Waals surface area (Å²) in [5.74, 6) is -1.22. The fraction of sp³-hybridized carbons (Fsp3) is 0.192. The quantitative estimate of drug-likeness (QED) is 0.504. The summed E-state index contributed by atoms with van der Waals surface area (Å²) in [7, 11) is 0. The highest BCUT2D eigenvalue weighted by Gasteiger charge is 2.22. The van der Waals surface area contributed by atoms with Crippen molar-refractivity contribution in [1.29, 1.82) is 0 Å². The number of anilines is 2. The number of nitrogens with one attached hydrogen (secondary N) is 1. The number of hydrogen-bond acceptors (Lipinski definition) is 5. The Bertz CT molecular complexity index is 1200. The Balaban J connectivity index is 1.33. The zero-order valence-corrected chi connectivity index (χ0v) is 18.3. The maximum absolute atomic E-state index is 13.1. The number of carbonyl (C=O) groups is 3. The highest BCUT2D eigenvalue weighted by atomic mass is 19.1. The van der Waals surface area contributed by atoms with Gasteiger partial charge in [0.25, 0.3) is 5.91 Å². The minimum absolute atomic E-state index is 0.0534. The highest BCUT2D eigenvalue weighted by Crippen LogP contribution is 2.24. The van der Waals surface area contributed by atoms with Gasteiger partial charge in [-0.15, -0.1) is 0 Å². The Morgan fingerprint density at radius 2 is 1.79 bits per heavy atom. The normalized spacial score (nSPS) is 13.0. The topological polar surface area (TPSA) is 84.9 Å². The van der Waals surface area contributed by atoms with Crippen LogP contribution in [0.5, 0.6) is 5.75 Å². The molecule has 0 spiro atoms. The third-order valence-corrected chi connectivity index (χ3v) is 5.26. The molecule has 8 heteroatoms. The molecule has 0 aromatic heterocycles. The monoisotopic (exact) mass is 462 g/mol. The number of carbonyl (C=O) groups excluding carboxylic acids is 3. The summed E-state index contributed by atoms with van der Waals surface area (Å²) in [4.78, 5) is 38.5. The van der Waals surface area contributed by atoms with Gasteiger partial charge in [0, 0.05) is 24.3 Å². The lowest BCUT2D eigenvalue weighted by molar-refractivity contribution is -0.119. The van der Waals surface area contributed by atoms with Crippen LogP contribution in [0.25, 0.3) is 0 Å². The maximum atomic E-state index is 13.1. The average Bonchev–Trinajstić information content (AvgIpc) is 3.28. The lowest BCUT2D eigenvalue weighted by Crippen LogP contribution is -2.24. The second-order valence-corrected chi connectivity index (χ2v) is 7.73. The second-order valence-electron chi connectivity index (χ2n) is 7.73. The molecule has 4 rings (SSSR count). The fourth-order valence-corrected chi connectivity index (χ4v) is 3.58. The van der Waals surface area contributed by atoms with Gasteiger partial charge in [-0.05, 0) is 54.4 Å². The van der Waals surface area contributed by atoms with E-state index in [1.165, 1.54) is 18.2 Å². The van der Waals surface area contributed by atoms with Crippen LogP contribution in [0, 0.1) is 5.82 Å². The van der Waals surface area contributed by atoms with Gasteiger partial charge in [-0.2, -0.15) is 0 Å². The van der Waals surface area contributed by atoms with Crippen molar-refractivity contribution < 1.29 is 28.2 Å². The third kappa shape index (κ3) is 5.78. The molecule has 1 aliphatic heterocycles. The summed E-state index contributed by atoms with van der Waals surface area (Å²) in [5.41, 5.74) is 2.12. The van der Waals surface area contributed by atoms with E-state index in [0.717, 1.165) is 12.0 Å². The lowest BCUT2D eigenvalue weighted by Gasteiger charge is -2.16. The number of halogens is 1. The van der Waals surface area contributed by atoms with E-state index in [2.05, 4.69) is 5.32 Å². The Morgan fingerprint density at radius 1 is 1.00 bits per heavy atom. The molecule has 0 saturated carbocycles. The largest absolute Gasteiger partial charge is 0.488 e. The van der Waals surface area contributed by atoms with Gasteiger partial charge in [-0.3, -0.25) is 9.59 Å². The van der Waals surface area contributed by atoms with Crippen LogP contribution in [-0.2, 0) is 20.9 Å². The summed E-state index contributed by atoms with van der Waals surface area (Å²) in [6, 6.07) is 19.3.